The van der Waals surface area contributed by atoms with Gasteiger partial charge in [0.1, 0.15) is 0 Å². The van der Waals surface area contributed by atoms with Gasteiger partial charge in [-0.15, -0.1) is 0 Å². The monoisotopic (exact) mass is 396 g/mol. The van der Waals surface area contributed by atoms with E-state index in [1.807, 2.05) is 30.3 Å². The molecule has 3 aromatic carbocycles. The van der Waals surface area contributed by atoms with E-state index in [-0.39, 0.29) is 17.0 Å². The Morgan fingerprint density at radius 3 is 2.32 bits per heavy atom. The highest BCUT2D eigenvalue weighted by atomic mass is 32.2. The Bertz CT molecular complexity index is 1110. The second-order valence-electron chi connectivity index (χ2n) is 6.27. The summed E-state index contributed by atoms with van der Waals surface area (Å²) in [4.78, 5) is 11.1. The van der Waals surface area contributed by atoms with Gasteiger partial charge in [-0.1, -0.05) is 48.5 Å². The van der Waals surface area contributed by atoms with Crippen LogP contribution in [0.25, 0.3) is 11.1 Å². The molecule has 0 amide bonds. The van der Waals surface area contributed by atoms with Crippen LogP contribution in [0.15, 0.2) is 77.7 Å². The standard InChI is InChI=1S/C21H20N2O4S/c22-14-15-5-3-7-16(11-15)17-8-4-9-19(12-17)28(26,27)23-20-10-2-1-6-18(20)13-21(24)25/h1-12,23H,13-14,22H2,(H,24,25). The molecule has 0 heterocycles. The van der Waals surface area contributed by atoms with Gasteiger partial charge in [-0.25, -0.2) is 8.42 Å². The molecule has 0 aliphatic carbocycles. The summed E-state index contributed by atoms with van der Waals surface area (Å²) in [5.41, 5.74) is 8.89. The van der Waals surface area contributed by atoms with Gasteiger partial charge >= 0.3 is 5.97 Å². The molecule has 0 spiro atoms. The zero-order valence-corrected chi connectivity index (χ0v) is 15.8. The van der Waals surface area contributed by atoms with E-state index in [2.05, 4.69) is 4.72 Å². The van der Waals surface area contributed by atoms with E-state index < -0.39 is 16.0 Å². The van der Waals surface area contributed by atoms with Crippen LogP contribution < -0.4 is 10.5 Å². The summed E-state index contributed by atoms with van der Waals surface area (Å²) < 4.78 is 28.2. The fourth-order valence-corrected chi connectivity index (χ4v) is 4.01. The predicted octanol–water partition coefficient (Wildman–Crippen LogP) is 3.24. The van der Waals surface area contributed by atoms with Gasteiger partial charge in [0.15, 0.2) is 0 Å². The smallest absolute Gasteiger partial charge is 0.307 e. The lowest BCUT2D eigenvalue weighted by molar-refractivity contribution is -0.136. The lowest BCUT2D eigenvalue weighted by Gasteiger charge is -2.13. The maximum Gasteiger partial charge on any atom is 0.307 e. The Labute approximate surface area is 163 Å². The third-order valence-electron chi connectivity index (χ3n) is 4.24. The molecule has 0 aliphatic heterocycles. The summed E-state index contributed by atoms with van der Waals surface area (Å²) in [5.74, 6) is -1.03. The molecule has 4 N–H and O–H groups in total. The van der Waals surface area contributed by atoms with Crippen molar-refractivity contribution in [1.29, 1.82) is 0 Å². The molecular weight excluding hydrogens is 376 g/mol. The molecule has 28 heavy (non-hydrogen) atoms. The van der Waals surface area contributed by atoms with Gasteiger partial charge in [-0.3, -0.25) is 9.52 Å². The highest BCUT2D eigenvalue weighted by molar-refractivity contribution is 7.92. The Morgan fingerprint density at radius 2 is 1.61 bits per heavy atom. The van der Waals surface area contributed by atoms with E-state index in [1.54, 1.807) is 36.4 Å². The minimum absolute atomic E-state index is 0.0910. The van der Waals surface area contributed by atoms with Gasteiger partial charge in [0.05, 0.1) is 17.0 Å². The van der Waals surface area contributed by atoms with Gasteiger partial charge in [0.2, 0.25) is 0 Å². The molecule has 0 atom stereocenters. The van der Waals surface area contributed by atoms with Gasteiger partial charge < -0.3 is 10.8 Å². The van der Waals surface area contributed by atoms with E-state index in [9.17, 15) is 13.2 Å². The number of carbonyl (C=O) groups is 1. The molecule has 7 heteroatoms. The van der Waals surface area contributed by atoms with Crippen molar-refractivity contribution < 1.29 is 18.3 Å². The lowest BCUT2D eigenvalue weighted by atomic mass is 10.0. The molecule has 3 aromatic rings. The molecule has 6 nitrogen and oxygen atoms in total. The highest BCUT2D eigenvalue weighted by Gasteiger charge is 2.17. The molecule has 0 saturated carbocycles. The van der Waals surface area contributed by atoms with Crippen molar-refractivity contribution in [3.63, 3.8) is 0 Å². The third-order valence-corrected chi connectivity index (χ3v) is 5.61. The number of hydrogen-bond donors (Lipinski definition) is 3. The molecular formula is C21H20N2O4S. The van der Waals surface area contributed by atoms with Gasteiger partial charge in [-0.05, 0) is 46.5 Å². The van der Waals surface area contributed by atoms with Gasteiger partial charge in [0.25, 0.3) is 10.0 Å². The Balaban J connectivity index is 1.94. The van der Waals surface area contributed by atoms with Crippen molar-refractivity contribution in [1.82, 2.24) is 0 Å². The van der Waals surface area contributed by atoms with Crippen molar-refractivity contribution >= 4 is 21.7 Å². The van der Waals surface area contributed by atoms with E-state index >= 15 is 0 Å². The van der Waals surface area contributed by atoms with Gasteiger partial charge in [-0.2, -0.15) is 0 Å². The van der Waals surface area contributed by atoms with Crippen LogP contribution >= 0.6 is 0 Å². The van der Waals surface area contributed by atoms with Crippen LogP contribution in [0.1, 0.15) is 11.1 Å². The highest BCUT2D eigenvalue weighted by Crippen LogP contribution is 2.26. The van der Waals surface area contributed by atoms with Crippen LogP contribution in [0.2, 0.25) is 0 Å². The van der Waals surface area contributed by atoms with E-state index in [0.29, 0.717) is 12.1 Å². The second kappa shape index (κ2) is 8.24. The van der Waals surface area contributed by atoms with Crippen LogP contribution in [0.3, 0.4) is 0 Å². The Morgan fingerprint density at radius 1 is 0.929 bits per heavy atom. The zero-order chi connectivity index (χ0) is 20.1. The lowest BCUT2D eigenvalue weighted by Crippen LogP contribution is -2.15. The quantitative estimate of drug-likeness (QED) is 0.568. The summed E-state index contributed by atoms with van der Waals surface area (Å²) in [6, 6.07) is 20.6. The van der Waals surface area contributed by atoms with E-state index in [0.717, 1.165) is 16.7 Å². The summed E-state index contributed by atoms with van der Waals surface area (Å²) >= 11 is 0. The van der Waals surface area contributed by atoms with Crippen LogP contribution in [-0.4, -0.2) is 19.5 Å². The van der Waals surface area contributed by atoms with Crippen LogP contribution in [0, 0.1) is 0 Å². The average Bonchev–Trinajstić information content (AvgIpc) is 2.69. The number of benzene rings is 3. The van der Waals surface area contributed by atoms with Crippen LogP contribution in [0.5, 0.6) is 0 Å². The number of nitrogens with one attached hydrogen (secondary N) is 1. The number of anilines is 1. The fraction of sp³-hybridized carbons (Fsp3) is 0.0952. The zero-order valence-electron chi connectivity index (χ0n) is 15.0. The summed E-state index contributed by atoms with van der Waals surface area (Å²) in [7, 11) is -3.89. The number of rotatable bonds is 7. The van der Waals surface area contributed by atoms with Crippen LogP contribution in [0.4, 0.5) is 5.69 Å². The SMILES string of the molecule is NCc1cccc(-c2cccc(S(=O)(=O)Nc3ccccc3CC(=O)O)c2)c1. The van der Waals surface area contributed by atoms with E-state index in [4.69, 9.17) is 10.8 Å². The van der Waals surface area contributed by atoms with Crippen molar-refractivity contribution in [2.75, 3.05) is 4.72 Å². The first-order valence-electron chi connectivity index (χ1n) is 8.61. The number of aliphatic carboxylic acids is 1. The summed E-state index contributed by atoms with van der Waals surface area (Å²) in [6.07, 6.45) is -0.273. The first kappa shape index (κ1) is 19.6. The Hall–Kier alpha value is -3.16. The molecule has 0 aromatic heterocycles. The topological polar surface area (TPSA) is 109 Å². The molecule has 144 valence electrons. The molecule has 3 rings (SSSR count). The number of carboxylic acids is 1. The summed E-state index contributed by atoms with van der Waals surface area (Å²) in [5, 5.41) is 9.03. The number of para-hydroxylation sites is 1. The third kappa shape index (κ3) is 4.57. The molecule has 0 bridgehead atoms. The normalized spacial score (nSPS) is 11.2. The molecule has 0 aliphatic rings. The number of sulfonamides is 1. The van der Waals surface area contributed by atoms with Gasteiger partial charge in [0, 0.05) is 6.54 Å². The van der Waals surface area contributed by atoms with Crippen molar-refractivity contribution in [3.8, 4) is 11.1 Å². The summed E-state index contributed by atoms with van der Waals surface area (Å²) in [6.45, 7) is 0.397. The molecule has 0 unspecified atom stereocenters. The molecule has 0 saturated heterocycles. The first-order chi connectivity index (χ1) is 13.4. The maximum atomic E-state index is 12.9. The number of nitrogens with two attached hydrogens (primary N) is 1. The maximum absolute atomic E-state index is 12.9. The predicted molar refractivity (Wildman–Crippen MR) is 108 cm³/mol. The van der Waals surface area contributed by atoms with Crippen molar-refractivity contribution in [3.05, 3.63) is 83.9 Å². The van der Waals surface area contributed by atoms with Crippen molar-refractivity contribution in [2.24, 2.45) is 5.73 Å². The first-order valence-corrected chi connectivity index (χ1v) is 10.1. The van der Waals surface area contributed by atoms with Crippen molar-refractivity contribution in [2.45, 2.75) is 17.9 Å². The van der Waals surface area contributed by atoms with Crippen LogP contribution in [-0.2, 0) is 27.8 Å². The minimum Gasteiger partial charge on any atom is -0.481 e. The second-order valence-corrected chi connectivity index (χ2v) is 7.95. The largest absolute Gasteiger partial charge is 0.481 e. The number of carboxylic acid groups (broad SMARTS) is 1. The minimum atomic E-state index is -3.89. The molecule has 0 radical (unpaired) electrons. The number of hydrogen-bond acceptors (Lipinski definition) is 4. The Kier molecular flexibility index (Phi) is 5.77. The van der Waals surface area contributed by atoms with E-state index in [1.165, 1.54) is 6.07 Å². The molecule has 0 fully saturated rings. The fourth-order valence-electron chi connectivity index (χ4n) is 2.86. The average molecular weight is 396 g/mol.